The summed E-state index contributed by atoms with van der Waals surface area (Å²) in [5.41, 5.74) is 0. The molecule has 0 heterocycles. The van der Waals surface area contributed by atoms with Crippen LogP contribution in [0.1, 0.15) is 118 Å². The first kappa shape index (κ1) is 20.0. The van der Waals surface area contributed by atoms with E-state index >= 15 is 0 Å². The van der Waals surface area contributed by atoms with Gasteiger partial charge in [-0.2, -0.15) is 0 Å². The lowest BCUT2D eigenvalue weighted by Gasteiger charge is -2.24. The summed E-state index contributed by atoms with van der Waals surface area (Å²) in [6.07, 6.45) is 20.3. The fourth-order valence-corrected chi connectivity index (χ4v) is 3.39. The monoisotopic (exact) mass is 282 g/mol. The van der Waals surface area contributed by atoms with Crippen LogP contribution in [-0.2, 0) is 0 Å². The third kappa shape index (κ3) is 11.8. The molecule has 0 aliphatic heterocycles. The molecule has 0 N–H and O–H groups in total. The summed E-state index contributed by atoms with van der Waals surface area (Å²) in [5, 5.41) is 0. The van der Waals surface area contributed by atoms with E-state index in [2.05, 4.69) is 27.7 Å². The average Bonchev–Trinajstić information content (AvgIpc) is 2.47. The molecule has 122 valence electrons. The number of unbranched alkanes of at least 4 members (excludes halogenated alkanes) is 5. The molecule has 0 aromatic heterocycles. The molecule has 0 nitrogen and oxygen atoms in total. The van der Waals surface area contributed by atoms with Crippen molar-refractivity contribution in [2.75, 3.05) is 0 Å². The Bertz CT molecular complexity index is 165. The van der Waals surface area contributed by atoms with Crippen molar-refractivity contribution in [1.82, 2.24) is 0 Å². The minimum atomic E-state index is 1.03. The van der Waals surface area contributed by atoms with Gasteiger partial charge in [0.05, 0.1) is 0 Å². The van der Waals surface area contributed by atoms with Crippen molar-refractivity contribution >= 4 is 0 Å². The molecule has 0 radical (unpaired) electrons. The second-order valence-electron chi connectivity index (χ2n) is 6.89. The number of rotatable bonds is 15. The van der Waals surface area contributed by atoms with Crippen LogP contribution >= 0.6 is 0 Å². The summed E-state index contributed by atoms with van der Waals surface area (Å²) in [4.78, 5) is 0. The van der Waals surface area contributed by atoms with Crippen molar-refractivity contribution in [3.05, 3.63) is 0 Å². The van der Waals surface area contributed by atoms with E-state index in [9.17, 15) is 0 Å². The minimum absolute atomic E-state index is 1.03. The SMILES string of the molecule is CCCCCC(CCCC)CC(CCCC)CCCC. The van der Waals surface area contributed by atoms with Crippen molar-refractivity contribution in [2.24, 2.45) is 11.8 Å². The molecule has 0 aromatic rings. The van der Waals surface area contributed by atoms with Crippen LogP contribution in [-0.4, -0.2) is 0 Å². The van der Waals surface area contributed by atoms with Crippen LogP contribution in [0.5, 0.6) is 0 Å². The van der Waals surface area contributed by atoms with E-state index in [0.717, 1.165) is 11.8 Å². The fraction of sp³-hybridized carbons (Fsp3) is 1.00. The molecule has 0 aliphatic carbocycles. The highest BCUT2D eigenvalue weighted by atomic mass is 14.2. The molecule has 0 saturated carbocycles. The van der Waals surface area contributed by atoms with Gasteiger partial charge in [0.25, 0.3) is 0 Å². The van der Waals surface area contributed by atoms with Crippen LogP contribution in [0.15, 0.2) is 0 Å². The molecule has 0 aromatic carbocycles. The van der Waals surface area contributed by atoms with E-state index in [1.807, 2.05) is 0 Å². The third-order valence-electron chi connectivity index (χ3n) is 4.78. The van der Waals surface area contributed by atoms with Crippen molar-refractivity contribution in [3.8, 4) is 0 Å². The van der Waals surface area contributed by atoms with Gasteiger partial charge in [0.15, 0.2) is 0 Å². The predicted molar refractivity (Wildman–Crippen MR) is 94.3 cm³/mol. The zero-order chi connectivity index (χ0) is 15.1. The Kier molecular flexibility index (Phi) is 15.4. The molecule has 1 unspecified atom stereocenters. The average molecular weight is 283 g/mol. The molecule has 0 saturated heterocycles. The van der Waals surface area contributed by atoms with Gasteiger partial charge in [0, 0.05) is 0 Å². The van der Waals surface area contributed by atoms with E-state index in [1.165, 1.54) is 89.9 Å². The Morgan fingerprint density at radius 3 is 1.15 bits per heavy atom. The second-order valence-corrected chi connectivity index (χ2v) is 6.89. The van der Waals surface area contributed by atoms with Gasteiger partial charge in [-0.05, 0) is 18.3 Å². The molecule has 0 amide bonds. The first-order valence-electron chi connectivity index (χ1n) is 9.78. The van der Waals surface area contributed by atoms with Crippen molar-refractivity contribution in [2.45, 2.75) is 118 Å². The van der Waals surface area contributed by atoms with Crippen LogP contribution in [0.3, 0.4) is 0 Å². The standard InChI is InChI=1S/C20H42/c1-5-9-13-17-20(16-12-8-4)18-19(14-10-6-2)15-11-7-3/h19-20H,5-18H2,1-4H3. The first-order chi connectivity index (χ1) is 9.78. The predicted octanol–water partition coefficient (Wildman–Crippen LogP) is 7.76. The zero-order valence-corrected chi connectivity index (χ0v) is 15.1. The molecule has 0 rings (SSSR count). The summed E-state index contributed by atoms with van der Waals surface area (Å²) in [6, 6.07) is 0. The van der Waals surface area contributed by atoms with E-state index in [1.54, 1.807) is 0 Å². The molecule has 0 fully saturated rings. The van der Waals surface area contributed by atoms with Crippen LogP contribution < -0.4 is 0 Å². The van der Waals surface area contributed by atoms with Crippen molar-refractivity contribution < 1.29 is 0 Å². The summed E-state index contributed by atoms with van der Waals surface area (Å²) in [7, 11) is 0. The van der Waals surface area contributed by atoms with E-state index in [-0.39, 0.29) is 0 Å². The fourth-order valence-electron chi connectivity index (χ4n) is 3.39. The van der Waals surface area contributed by atoms with Crippen LogP contribution in [0.4, 0.5) is 0 Å². The molecule has 0 heteroatoms. The Hall–Kier alpha value is 0. The summed E-state index contributed by atoms with van der Waals surface area (Å²) < 4.78 is 0. The Morgan fingerprint density at radius 2 is 0.800 bits per heavy atom. The van der Waals surface area contributed by atoms with Gasteiger partial charge in [-0.1, -0.05) is 111 Å². The van der Waals surface area contributed by atoms with E-state index < -0.39 is 0 Å². The van der Waals surface area contributed by atoms with E-state index in [4.69, 9.17) is 0 Å². The molecule has 20 heavy (non-hydrogen) atoms. The smallest absolute Gasteiger partial charge is 0.0412 e. The normalized spacial score (nSPS) is 13.1. The van der Waals surface area contributed by atoms with E-state index in [0.29, 0.717) is 0 Å². The first-order valence-corrected chi connectivity index (χ1v) is 9.78. The van der Waals surface area contributed by atoms with Crippen LogP contribution in [0, 0.1) is 11.8 Å². The van der Waals surface area contributed by atoms with Crippen LogP contribution in [0.25, 0.3) is 0 Å². The van der Waals surface area contributed by atoms with Gasteiger partial charge < -0.3 is 0 Å². The lowest BCUT2D eigenvalue weighted by atomic mass is 9.82. The van der Waals surface area contributed by atoms with Gasteiger partial charge >= 0.3 is 0 Å². The molecular formula is C20H42. The molecule has 1 atom stereocenters. The Morgan fingerprint density at radius 1 is 0.450 bits per heavy atom. The lowest BCUT2D eigenvalue weighted by Crippen LogP contribution is -2.10. The highest BCUT2D eigenvalue weighted by Gasteiger charge is 2.15. The van der Waals surface area contributed by atoms with Crippen molar-refractivity contribution in [1.29, 1.82) is 0 Å². The van der Waals surface area contributed by atoms with Gasteiger partial charge in [0.1, 0.15) is 0 Å². The maximum absolute atomic E-state index is 2.34. The van der Waals surface area contributed by atoms with Gasteiger partial charge in [-0.3, -0.25) is 0 Å². The van der Waals surface area contributed by atoms with Crippen LogP contribution in [0.2, 0.25) is 0 Å². The highest BCUT2D eigenvalue weighted by molar-refractivity contribution is 4.68. The maximum atomic E-state index is 2.34. The molecule has 0 aliphatic rings. The summed E-state index contributed by atoms with van der Waals surface area (Å²) in [5.74, 6) is 2.05. The quantitative estimate of drug-likeness (QED) is 0.269. The minimum Gasteiger partial charge on any atom is -0.0654 e. The molecule has 0 spiro atoms. The second kappa shape index (κ2) is 15.4. The highest BCUT2D eigenvalue weighted by Crippen LogP contribution is 2.29. The summed E-state index contributed by atoms with van der Waals surface area (Å²) >= 11 is 0. The largest absolute Gasteiger partial charge is 0.0654 e. The number of hydrogen-bond acceptors (Lipinski definition) is 0. The zero-order valence-electron chi connectivity index (χ0n) is 15.1. The summed E-state index contributed by atoms with van der Waals surface area (Å²) in [6.45, 7) is 9.35. The number of hydrogen-bond donors (Lipinski definition) is 0. The van der Waals surface area contributed by atoms with Gasteiger partial charge in [-0.15, -0.1) is 0 Å². The third-order valence-corrected chi connectivity index (χ3v) is 4.78. The topological polar surface area (TPSA) is 0 Å². The Labute approximate surface area is 130 Å². The Balaban J connectivity index is 4.18. The van der Waals surface area contributed by atoms with Gasteiger partial charge in [-0.25, -0.2) is 0 Å². The molecule has 0 bridgehead atoms. The maximum Gasteiger partial charge on any atom is -0.0412 e. The van der Waals surface area contributed by atoms with Crippen molar-refractivity contribution in [3.63, 3.8) is 0 Å². The van der Waals surface area contributed by atoms with Gasteiger partial charge in [0.2, 0.25) is 0 Å². The lowest BCUT2D eigenvalue weighted by molar-refractivity contribution is 0.287. The molecular weight excluding hydrogens is 240 g/mol.